The average molecular weight is 262 g/mol. The van der Waals surface area contributed by atoms with Crippen LogP contribution in [0.15, 0.2) is 48.1 Å². The van der Waals surface area contributed by atoms with Gasteiger partial charge in [-0.15, -0.1) is 19.7 Å². The zero-order valence-electron chi connectivity index (χ0n) is 10.9. The van der Waals surface area contributed by atoms with E-state index in [0.717, 1.165) is 12.8 Å². The van der Waals surface area contributed by atoms with Gasteiger partial charge in [0.05, 0.1) is 0 Å². The predicted molar refractivity (Wildman–Crippen MR) is 70.7 cm³/mol. The van der Waals surface area contributed by atoms with Gasteiger partial charge < -0.3 is 0 Å². The van der Waals surface area contributed by atoms with Gasteiger partial charge in [0, 0.05) is 22.7 Å². The van der Waals surface area contributed by atoms with E-state index < -0.39 is 0 Å². The summed E-state index contributed by atoms with van der Waals surface area (Å²) < 4.78 is 0. The first kappa shape index (κ1) is 17.8. The second kappa shape index (κ2) is 8.60. The Hall–Kier alpha value is -0.534. The third-order valence-corrected chi connectivity index (χ3v) is 3.19. The van der Waals surface area contributed by atoms with Crippen molar-refractivity contribution >= 4 is 0 Å². The number of hydrogen-bond donors (Lipinski definition) is 0. The minimum Gasteiger partial charge on any atom is -0.106 e. The molecule has 0 bridgehead atoms. The molecule has 0 aliphatic heterocycles. The van der Waals surface area contributed by atoms with Crippen LogP contribution in [0.1, 0.15) is 40.5 Å². The molecule has 0 unspecified atom stereocenters. The van der Waals surface area contributed by atoms with Crippen molar-refractivity contribution in [3.8, 4) is 0 Å². The smallest absolute Gasteiger partial charge is 0.0229 e. The van der Waals surface area contributed by atoms with Crippen molar-refractivity contribution in [3.63, 3.8) is 0 Å². The van der Waals surface area contributed by atoms with Crippen LogP contribution in [0.3, 0.4) is 0 Å². The maximum absolute atomic E-state index is 3.76. The number of rotatable bonds is 3. The van der Waals surface area contributed by atoms with Gasteiger partial charge in [-0.05, 0) is 44.8 Å². The van der Waals surface area contributed by atoms with Crippen LogP contribution in [0.4, 0.5) is 0 Å². The SMILES string of the molecule is C=C.C=CCCC1=C(C)C(C)=C(C)[C]1C.[Co]. The second-order valence-corrected chi connectivity index (χ2v) is 3.81. The predicted octanol–water partition coefficient (Wildman–Crippen LogP) is 5.01. The molecule has 2 radical (unpaired) electrons. The first-order valence-electron chi connectivity index (χ1n) is 5.42. The summed E-state index contributed by atoms with van der Waals surface area (Å²) >= 11 is 0. The third kappa shape index (κ3) is 3.80. The van der Waals surface area contributed by atoms with E-state index in [1.54, 1.807) is 0 Å². The van der Waals surface area contributed by atoms with E-state index in [4.69, 9.17) is 0 Å². The van der Waals surface area contributed by atoms with E-state index in [1.165, 1.54) is 28.2 Å². The van der Waals surface area contributed by atoms with Crippen molar-refractivity contribution in [2.24, 2.45) is 0 Å². The molecule has 0 saturated carbocycles. The second-order valence-electron chi connectivity index (χ2n) is 3.81. The van der Waals surface area contributed by atoms with Crippen LogP contribution in [0, 0.1) is 5.92 Å². The Labute approximate surface area is 111 Å². The quantitative estimate of drug-likeness (QED) is 0.627. The topological polar surface area (TPSA) is 0 Å². The minimum atomic E-state index is 0. The summed E-state index contributed by atoms with van der Waals surface area (Å²) in [6, 6.07) is 0. The van der Waals surface area contributed by atoms with Crippen molar-refractivity contribution in [2.75, 3.05) is 0 Å². The Morgan fingerprint density at radius 3 is 1.75 bits per heavy atom. The first-order valence-corrected chi connectivity index (χ1v) is 5.42. The van der Waals surface area contributed by atoms with Gasteiger partial charge in [-0.25, -0.2) is 0 Å². The number of allylic oxidation sites excluding steroid dienone is 5. The molecule has 16 heavy (non-hydrogen) atoms. The fourth-order valence-electron chi connectivity index (χ4n) is 1.92. The third-order valence-electron chi connectivity index (χ3n) is 3.19. The van der Waals surface area contributed by atoms with Crippen molar-refractivity contribution in [2.45, 2.75) is 40.5 Å². The molecule has 92 valence electrons. The summed E-state index contributed by atoms with van der Waals surface area (Å²) in [5.41, 5.74) is 5.96. The minimum absolute atomic E-state index is 0. The van der Waals surface area contributed by atoms with Crippen LogP contribution >= 0.6 is 0 Å². The van der Waals surface area contributed by atoms with E-state index in [0.29, 0.717) is 0 Å². The molecule has 0 saturated heterocycles. The molecule has 0 amide bonds. The molecule has 0 N–H and O–H groups in total. The van der Waals surface area contributed by atoms with Crippen molar-refractivity contribution in [1.29, 1.82) is 0 Å². The van der Waals surface area contributed by atoms with Gasteiger partial charge in [-0.1, -0.05) is 24.1 Å². The van der Waals surface area contributed by atoms with Gasteiger partial charge in [0.25, 0.3) is 0 Å². The molecule has 0 aromatic rings. The standard InChI is InChI=1S/C13H19.C2H4.Co/c1-6-7-8-13-11(4)9(2)10(3)12(13)5;1-2;/h6H,1,7-8H2,2-5H3;1-2H2;. The van der Waals surface area contributed by atoms with Crippen molar-refractivity contribution in [1.82, 2.24) is 0 Å². The van der Waals surface area contributed by atoms with Crippen LogP contribution in [0.5, 0.6) is 0 Å². The number of hydrogen-bond acceptors (Lipinski definition) is 0. The van der Waals surface area contributed by atoms with E-state index >= 15 is 0 Å². The Morgan fingerprint density at radius 2 is 1.44 bits per heavy atom. The first-order chi connectivity index (χ1) is 7.09. The van der Waals surface area contributed by atoms with Gasteiger partial charge in [0.2, 0.25) is 0 Å². The van der Waals surface area contributed by atoms with Gasteiger partial charge in [0.1, 0.15) is 0 Å². The van der Waals surface area contributed by atoms with Crippen LogP contribution in [0.25, 0.3) is 0 Å². The monoisotopic (exact) mass is 262 g/mol. The molecule has 0 aromatic carbocycles. The van der Waals surface area contributed by atoms with Gasteiger partial charge in [-0.3, -0.25) is 0 Å². The van der Waals surface area contributed by atoms with Crippen LogP contribution < -0.4 is 0 Å². The van der Waals surface area contributed by atoms with Crippen molar-refractivity contribution < 1.29 is 16.8 Å². The summed E-state index contributed by atoms with van der Waals surface area (Å²) in [5.74, 6) is 1.48. The molecular weight excluding hydrogens is 239 g/mol. The summed E-state index contributed by atoms with van der Waals surface area (Å²) in [4.78, 5) is 0. The van der Waals surface area contributed by atoms with E-state index in [-0.39, 0.29) is 16.8 Å². The molecule has 0 nitrogen and oxygen atoms in total. The zero-order valence-corrected chi connectivity index (χ0v) is 12.0. The molecule has 0 aromatic heterocycles. The normalized spacial score (nSPS) is 15.5. The molecule has 1 heteroatoms. The molecule has 0 heterocycles. The zero-order chi connectivity index (χ0) is 12.0. The maximum Gasteiger partial charge on any atom is 0.0229 e. The summed E-state index contributed by atoms with van der Waals surface area (Å²) in [5, 5.41) is 0. The van der Waals surface area contributed by atoms with Crippen molar-refractivity contribution in [3.05, 3.63) is 54.0 Å². The Morgan fingerprint density at radius 1 is 0.938 bits per heavy atom. The Balaban J connectivity index is 0. The molecule has 0 spiro atoms. The maximum atomic E-state index is 3.76. The van der Waals surface area contributed by atoms with E-state index in [1.807, 2.05) is 6.08 Å². The average Bonchev–Trinajstić information content (AvgIpc) is 2.45. The van der Waals surface area contributed by atoms with E-state index in [9.17, 15) is 0 Å². The summed E-state index contributed by atoms with van der Waals surface area (Å²) in [6.07, 6.45) is 4.23. The fourth-order valence-corrected chi connectivity index (χ4v) is 1.92. The van der Waals surface area contributed by atoms with E-state index in [2.05, 4.69) is 47.4 Å². The molecule has 1 rings (SSSR count). The van der Waals surface area contributed by atoms with Gasteiger partial charge in [-0.2, -0.15) is 0 Å². The Bertz CT molecular complexity index is 295. The van der Waals surface area contributed by atoms with Gasteiger partial charge in [0.15, 0.2) is 0 Å². The summed E-state index contributed by atoms with van der Waals surface area (Å²) in [7, 11) is 0. The fraction of sp³-hybridized carbons (Fsp3) is 0.400. The molecular formula is C15H23Co. The molecule has 1 aliphatic carbocycles. The molecule has 0 atom stereocenters. The summed E-state index contributed by atoms with van der Waals surface area (Å²) in [6.45, 7) is 18.7. The van der Waals surface area contributed by atoms with Gasteiger partial charge >= 0.3 is 0 Å². The largest absolute Gasteiger partial charge is 0.106 e. The van der Waals surface area contributed by atoms with Crippen LogP contribution in [-0.4, -0.2) is 0 Å². The van der Waals surface area contributed by atoms with Crippen LogP contribution in [-0.2, 0) is 16.8 Å². The Kier molecular flexibility index (Phi) is 9.59. The van der Waals surface area contributed by atoms with Crippen LogP contribution in [0.2, 0.25) is 0 Å². The molecule has 1 aliphatic rings. The molecule has 0 fully saturated rings.